The predicted octanol–water partition coefficient (Wildman–Crippen LogP) is -13.2. The molecule has 0 spiro atoms. The molecule has 0 fully saturated rings. The normalized spacial score (nSPS) is 10.4. The summed E-state index contributed by atoms with van der Waals surface area (Å²) in [6.45, 7) is 50.9. The Bertz CT molecular complexity index is 3080. The first-order chi connectivity index (χ1) is 51.3. The monoisotopic (exact) mass is 1820 g/mol. The van der Waals surface area contributed by atoms with Crippen molar-refractivity contribution in [3.8, 4) is 0 Å². The third-order valence-electron chi connectivity index (χ3n) is 15.5. The highest BCUT2D eigenvalue weighted by Crippen LogP contribution is 2.11. The molecule has 0 aliphatic heterocycles. The van der Waals surface area contributed by atoms with Gasteiger partial charge in [-0.05, 0) is 77.7 Å². The second kappa shape index (κ2) is 79.0. The molecule has 0 unspecified atom stereocenters. The zero-order chi connectivity index (χ0) is 88.0. The van der Waals surface area contributed by atoms with E-state index in [0.717, 1.165) is 179 Å². The van der Waals surface area contributed by atoms with Crippen LogP contribution in [0.15, 0.2) is 160 Å². The van der Waals surface area contributed by atoms with Crippen LogP contribution in [0.5, 0.6) is 0 Å². The maximum Gasteiger partial charge on any atom is 0.246 e. The molecular formula is C88H168Cl7N16O8+. The maximum absolute atomic E-state index is 11.3. The minimum atomic E-state index is -0.0987. The van der Waals surface area contributed by atoms with Crippen LogP contribution < -0.4 is 129 Å². The molecule has 2 aromatic rings. The first-order valence-electron chi connectivity index (χ1n) is 39.2. The van der Waals surface area contributed by atoms with Crippen molar-refractivity contribution in [1.82, 2.24) is 42.5 Å². The fourth-order valence-electron chi connectivity index (χ4n) is 9.01. The summed E-state index contributed by atoms with van der Waals surface area (Å²) in [4.78, 5) is 87.6. The highest BCUT2D eigenvalue weighted by atomic mass is 35.5. The fourth-order valence-corrected chi connectivity index (χ4v) is 9.01. The molecule has 31 heteroatoms. The Morgan fingerprint density at radius 1 is 0.252 bits per heavy atom. The number of nitrogens with one attached hydrogen (secondary N) is 8. The third-order valence-corrected chi connectivity index (χ3v) is 15.5. The summed E-state index contributed by atoms with van der Waals surface area (Å²) in [5.41, 5.74) is 4.98. The van der Waals surface area contributed by atoms with E-state index in [0.29, 0.717) is 48.5 Å². The zero-order valence-electron chi connectivity index (χ0n) is 78.6. The number of likely N-dealkylation sites (N-methyl/N-ethyl adjacent to an activating group) is 2. The topological polar surface area (TPSA) is 233 Å². The van der Waals surface area contributed by atoms with Gasteiger partial charge in [-0.25, -0.2) is 0 Å². The standard InChI is InChI=1S/C16H24N2O.C15H22N2O.C11H22N2O.2C10H20N2O.2C9H18N2O.C8H16N2O.7ClH/c1-14(2)16(19)17-11-8-12-18(3,4)13-15-9-6-5-7-10-15;1-4-15(18)16-11-8-12-17(2,3)13-14-9-6-5-7-10-14;1-10(2)11(14)12-8-6-7-9-13(3,4)5;1-9(2)10(13)11-7-6-8-12(3,4)5;1-5-10(13)11-8-6-7-9-12(2,3)4;1-8(2)9(12)10-6-7-11(3,4)5;1-5-9(12)10-7-6-8-11(2,3)4;1-5-8(11)9-6-7-10(2,3)4;;;;;;;/h5-7,9-10H,1,8,11-13H2,2-4H3;4-7,9-10H,1,8,11-13H2,2-3H3;1,6-9H2,2-5H3;1,6-8H2,2-5H3;5H,1,6-9H2,2-4H3;1,6-7H2,2-5H3;5H,1,6-8H2,2-4H3;5H,1,6-7H2,2-4H3;7*1H/p+1. The molecular weight excluding hydrogens is 1660 g/mol. The largest absolute Gasteiger partial charge is 1.00 e. The molecule has 0 aliphatic rings. The van der Waals surface area contributed by atoms with E-state index in [4.69, 9.17) is 0 Å². The van der Waals surface area contributed by atoms with Crippen LogP contribution in [0.4, 0.5) is 0 Å². The van der Waals surface area contributed by atoms with Crippen LogP contribution in [-0.4, -0.2) is 343 Å². The van der Waals surface area contributed by atoms with Crippen LogP contribution in [0.3, 0.4) is 0 Å². The van der Waals surface area contributed by atoms with Crippen LogP contribution in [0.1, 0.15) is 90.2 Å². The third kappa shape index (κ3) is 116. The van der Waals surface area contributed by atoms with Crippen molar-refractivity contribution in [3.05, 3.63) is 171 Å². The summed E-state index contributed by atoms with van der Waals surface area (Å²) in [6.07, 6.45) is 13.5. The number of carbonyl (C=O) groups excluding carboxylic acids is 8. The number of halogens is 7. The van der Waals surface area contributed by atoms with Gasteiger partial charge in [0.2, 0.25) is 47.3 Å². The molecule has 0 radical (unpaired) electrons. The van der Waals surface area contributed by atoms with Crippen molar-refractivity contribution in [2.24, 2.45) is 0 Å². The summed E-state index contributed by atoms with van der Waals surface area (Å²) in [5, 5.41) is 22.3. The van der Waals surface area contributed by atoms with E-state index in [1.165, 1.54) is 35.4 Å². The molecule has 0 bridgehead atoms. The van der Waals surface area contributed by atoms with Crippen molar-refractivity contribution in [2.75, 3.05) is 260 Å². The average molecular weight is 1830 g/mol. The van der Waals surface area contributed by atoms with E-state index >= 15 is 0 Å². The molecule has 696 valence electrons. The molecule has 0 aromatic heterocycles. The fraction of sp³-hybridized carbons (Fsp3) is 0.591. The molecule has 2 rings (SSSR count). The van der Waals surface area contributed by atoms with Gasteiger partial charge in [-0.3, -0.25) is 38.4 Å². The van der Waals surface area contributed by atoms with E-state index in [1.807, 2.05) is 12.1 Å². The van der Waals surface area contributed by atoms with Crippen molar-refractivity contribution in [1.29, 1.82) is 0 Å². The molecule has 0 aliphatic carbocycles. The molecule has 24 nitrogen and oxygen atoms in total. The van der Waals surface area contributed by atoms with Crippen LogP contribution in [0.2, 0.25) is 0 Å². The number of amides is 8. The van der Waals surface area contributed by atoms with E-state index in [1.54, 1.807) is 27.7 Å². The molecule has 0 heterocycles. The lowest BCUT2D eigenvalue weighted by atomic mass is 10.2. The summed E-state index contributed by atoms with van der Waals surface area (Å²) < 4.78 is 7.39. The number of unbranched alkanes of at least 4 members (excludes halogenated alkanes) is 2. The Morgan fingerprint density at radius 3 is 0.647 bits per heavy atom. The number of hydrogen-bond acceptors (Lipinski definition) is 8. The molecule has 119 heavy (non-hydrogen) atoms. The number of carbonyl (C=O) groups is 8. The van der Waals surface area contributed by atoms with Crippen LogP contribution in [0.25, 0.3) is 0 Å². The molecule has 0 saturated carbocycles. The summed E-state index contributed by atoms with van der Waals surface area (Å²) in [7, 11) is 47.2. The quantitative estimate of drug-likeness (QED) is 0.0180. The highest BCUT2D eigenvalue weighted by molar-refractivity contribution is 5.93. The Kier molecular flexibility index (Phi) is 94.0. The van der Waals surface area contributed by atoms with E-state index in [9.17, 15) is 38.4 Å². The van der Waals surface area contributed by atoms with Gasteiger partial charge in [0.15, 0.2) is 0 Å². The van der Waals surface area contributed by atoms with Gasteiger partial charge in [0, 0.05) is 98.4 Å². The smallest absolute Gasteiger partial charge is 0.246 e. The molecule has 2 aromatic carbocycles. The van der Waals surface area contributed by atoms with Gasteiger partial charge in [-0.15, -0.1) is 0 Å². The summed E-state index contributed by atoms with van der Waals surface area (Å²) in [5.74, 6) is -0.531. The van der Waals surface area contributed by atoms with Gasteiger partial charge in [0.1, 0.15) is 13.1 Å². The number of nitrogens with zero attached hydrogens (tertiary/aromatic N) is 8. The Hall–Kier alpha value is -6.17. The van der Waals surface area contributed by atoms with Crippen molar-refractivity contribution < 1.29 is 161 Å². The van der Waals surface area contributed by atoms with Gasteiger partial charge in [-0.1, -0.05) is 113 Å². The first kappa shape index (κ1) is 142. The Labute approximate surface area is 768 Å². The number of benzene rings is 2. The predicted molar refractivity (Wildman–Crippen MR) is 473 cm³/mol. The van der Waals surface area contributed by atoms with Gasteiger partial charge in [-0.2, -0.15) is 0 Å². The molecule has 8 amide bonds. The second-order valence-corrected chi connectivity index (χ2v) is 35.6. The lowest BCUT2D eigenvalue weighted by Gasteiger charge is -2.30. The van der Waals surface area contributed by atoms with Gasteiger partial charge < -0.3 is 165 Å². The number of hydrogen-bond donors (Lipinski definition) is 8. The Morgan fingerprint density at radius 2 is 0.429 bits per heavy atom. The minimum Gasteiger partial charge on any atom is -1.00 e. The van der Waals surface area contributed by atoms with Crippen LogP contribution in [0, 0.1) is 0 Å². The summed E-state index contributed by atoms with van der Waals surface area (Å²) >= 11 is 0. The number of rotatable bonds is 44. The van der Waals surface area contributed by atoms with E-state index < -0.39 is 0 Å². The summed E-state index contributed by atoms with van der Waals surface area (Å²) in [6, 6.07) is 21.0. The lowest BCUT2D eigenvalue weighted by Crippen LogP contribution is -3.00. The SMILES string of the molecule is C=C(C)C(=O)NCCCC[N+](C)(C)C.C=C(C)C(=O)NCCC[N+](C)(C)C.C=C(C)C(=O)NCCC[N+](C)(C)Cc1ccccc1.C=C(C)C(=O)NCC[N+](C)(C)C.C=CC(=O)NCCCC[N+](C)(C)C.C=CC(=O)NCCC[N+](C)(C)C.C=CC(=O)NCCC[N+](C)(C)Cc1ccccc1.C=CC(=O)NCC[N+](C)(C)C.[Cl-].[Cl-].[Cl-].[Cl-].[Cl-].[Cl-].[Cl-]. The van der Waals surface area contributed by atoms with Gasteiger partial charge >= 0.3 is 0 Å². The zero-order valence-corrected chi connectivity index (χ0v) is 83.9. The minimum absolute atomic E-state index is 0. The van der Waals surface area contributed by atoms with E-state index in [-0.39, 0.29) is 134 Å². The lowest BCUT2D eigenvalue weighted by molar-refractivity contribution is -0.903. The Balaban J connectivity index is -0.0000000980. The molecule has 0 atom stereocenters. The van der Waals surface area contributed by atoms with Crippen LogP contribution in [-0.2, 0) is 51.4 Å². The van der Waals surface area contributed by atoms with Crippen molar-refractivity contribution in [3.63, 3.8) is 0 Å². The van der Waals surface area contributed by atoms with Crippen molar-refractivity contribution >= 4 is 47.3 Å². The molecule has 0 saturated heterocycles. The first-order valence-corrected chi connectivity index (χ1v) is 39.2. The van der Waals surface area contributed by atoms with Gasteiger partial charge in [0.05, 0.1) is 220 Å². The maximum atomic E-state index is 11.3. The average Bonchev–Trinajstić information content (AvgIpc) is 0.891. The van der Waals surface area contributed by atoms with Crippen LogP contribution >= 0.6 is 0 Å². The highest BCUT2D eigenvalue weighted by Gasteiger charge is 2.18. The molecule has 8 N–H and O–H groups in total. The van der Waals surface area contributed by atoms with Crippen molar-refractivity contribution in [2.45, 2.75) is 92.2 Å². The second-order valence-electron chi connectivity index (χ2n) is 35.6. The van der Waals surface area contributed by atoms with E-state index in [2.05, 4.69) is 299 Å². The van der Waals surface area contributed by atoms with Gasteiger partial charge in [0.25, 0.3) is 0 Å². The number of quaternary nitrogens is 8.